The molecular formula is C12H13Cl2NO. The van der Waals surface area contributed by atoms with Gasteiger partial charge < -0.3 is 9.67 Å². The number of benzene rings is 1. The largest absolute Gasteiger partial charge is 0.396 e. The van der Waals surface area contributed by atoms with Gasteiger partial charge in [0.25, 0.3) is 0 Å². The second kappa shape index (κ2) is 4.66. The van der Waals surface area contributed by atoms with E-state index in [1.54, 1.807) is 6.07 Å². The van der Waals surface area contributed by atoms with Crippen LogP contribution < -0.4 is 0 Å². The lowest BCUT2D eigenvalue weighted by molar-refractivity contribution is 0.224. The molecule has 1 aromatic carbocycles. The Morgan fingerprint density at radius 2 is 2.12 bits per heavy atom. The van der Waals surface area contributed by atoms with E-state index in [-0.39, 0.29) is 12.5 Å². The normalized spacial score (nSPS) is 13.2. The number of aromatic nitrogens is 1. The number of fused-ring (bicyclic) bond motifs is 1. The molecule has 1 atom stereocenters. The molecule has 0 aliphatic heterocycles. The smallest absolute Gasteiger partial charge is 0.0514 e. The highest BCUT2D eigenvalue weighted by Gasteiger charge is 2.08. The summed E-state index contributed by atoms with van der Waals surface area (Å²) in [6.07, 6.45) is 1.97. The minimum atomic E-state index is 0.175. The number of aliphatic hydroxyl groups excluding tert-OH is 1. The summed E-state index contributed by atoms with van der Waals surface area (Å²) in [4.78, 5) is 0. The Morgan fingerprint density at radius 3 is 2.81 bits per heavy atom. The minimum absolute atomic E-state index is 0.175. The van der Waals surface area contributed by atoms with Gasteiger partial charge in [0, 0.05) is 29.8 Å². The Bertz CT molecular complexity index is 507. The zero-order valence-electron chi connectivity index (χ0n) is 8.95. The molecule has 2 nitrogen and oxygen atoms in total. The fourth-order valence-corrected chi connectivity index (χ4v) is 2.32. The molecule has 16 heavy (non-hydrogen) atoms. The maximum absolute atomic E-state index is 9.05. The van der Waals surface area contributed by atoms with Crippen molar-refractivity contribution < 1.29 is 5.11 Å². The summed E-state index contributed by atoms with van der Waals surface area (Å²) in [6.45, 7) is 2.93. The van der Waals surface area contributed by atoms with Gasteiger partial charge in [-0.05, 0) is 24.1 Å². The number of rotatable bonds is 3. The van der Waals surface area contributed by atoms with Gasteiger partial charge in [0.1, 0.15) is 0 Å². The van der Waals surface area contributed by atoms with Crippen LogP contribution in [0.5, 0.6) is 0 Å². The summed E-state index contributed by atoms with van der Waals surface area (Å²) in [6, 6.07) is 5.61. The third-order valence-corrected chi connectivity index (χ3v) is 3.15. The van der Waals surface area contributed by atoms with Crippen LogP contribution in [-0.4, -0.2) is 16.3 Å². The van der Waals surface area contributed by atoms with Crippen molar-refractivity contribution in [1.82, 2.24) is 4.57 Å². The first-order valence-electron chi connectivity index (χ1n) is 5.16. The third kappa shape index (κ3) is 2.19. The van der Waals surface area contributed by atoms with Crippen molar-refractivity contribution in [2.75, 3.05) is 6.61 Å². The fraction of sp³-hybridized carbons (Fsp3) is 0.333. The van der Waals surface area contributed by atoms with Crippen molar-refractivity contribution >= 4 is 34.1 Å². The Balaban J connectivity index is 2.47. The van der Waals surface area contributed by atoms with Crippen molar-refractivity contribution in [2.24, 2.45) is 5.92 Å². The molecule has 0 spiro atoms. The summed E-state index contributed by atoms with van der Waals surface area (Å²) in [5.41, 5.74) is 1.01. The van der Waals surface area contributed by atoms with Crippen LogP contribution in [0.3, 0.4) is 0 Å². The molecule has 2 aromatic rings. The van der Waals surface area contributed by atoms with E-state index in [0.717, 1.165) is 17.4 Å². The lowest BCUT2D eigenvalue weighted by Gasteiger charge is -2.10. The number of hydrogen-bond donors (Lipinski definition) is 1. The van der Waals surface area contributed by atoms with Crippen molar-refractivity contribution in [3.63, 3.8) is 0 Å². The molecule has 0 radical (unpaired) electrons. The maximum Gasteiger partial charge on any atom is 0.0514 e. The van der Waals surface area contributed by atoms with E-state index in [4.69, 9.17) is 28.3 Å². The summed E-state index contributed by atoms with van der Waals surface area (Å²) in [5.74, 6) is 0.216. The highest BCUT2D eigenvalue weighted by atomic mass is 35.5. The summed E-state index contributed by atoms with van der Waals surface area (Å²) in [5, 5.41) is 11.3. The van der Waals surface area contributed by atoms with Crippen LogP contribution in [0, 0.1) is 5.92 Å². The molecule has 0 amide bonds. The van der Waals surface area contributed by atoms with Gasteiger partial charge in [-0.25, -0.2) is 0 Å². The van der Waals surface area contributed by atoms with E-state index in [2.05, 4.69) is 4.57 Å². The second-order valence-corrected chi connectivity index (χ2v) is 4.92. The van der Waals surface area contributed by atoms with Gasteiger partial charge in [0.15, 0.2) is 0 Å². The number of aliphatic hydroxyl groups is 1. The van der Waals surface area contributed by atoms with Crippen molar-refractivity contribution in [3.8, 4) is 0 Å². The van der Waals surface area contributed by atoms with E-state index in [1.165, 1.54) is 0 Å². The van der Waals surface area contributed by atoms with E-state index < -0.39 is 0 Å². The quantitative estimate of drug-likeness (QED) is 0.894. The van der Waals surface area contributed by atoms with Gasteiger partial charge in [-0.1, -0.05) is 30.1 Å². The van der Waals surface area contributed by atoms with Crippen molar-refractivity contribution in [1.29, 1.82) is 0 Å². The lowest BCUT2D eigenvalue weighted by atomic mass is 10.2. The second-order valence-electron chi connectivity index (χ2n) is 4.08. The van der Waals surface area contributed by atoms with Gasteiger partial charge in [-0.2, -0.15) is 0 Å². The van der Waals surface area contributed by atoms with Gasteiger partial charge >= 0.3 is 0 Å². The highest BCUT2D eigenvalue weighted by molar-refractivity contribution is 6.38. The van der Waals surface area contributed by atoms with Gasteiger partial charge in [0.2, 0.25) is 0 Å². The van der Waals surface area contributed by atoms with Gasteiger partial charge in [-0.15, -0.1) is 0 Å². The molecule has 1 aromatic heterocycles. The average molecular weight is 258 g/mol. The van der Waals surface area contributed by atoms with Crippen molar-refractivity contribution in [2.45, 2.75) is 13.5 Å². The predicted molar refractivity (Wildman–Crippen MR) is 68.2 cm³/mol. The van der Waals surface area contributed by atoms with Gasteiger partial charge in [-0.3, -0.25) is 0 Å². The van der Waals surface area contributed by atoms with Crippen LogP contribution in [0.15, 0.2) is 24.4 Å². The molecule has 4 heteroatoms. The first-order valence-corrected chi connectivity index (χ1v) is 5.92. The van der Waals surface area contributed by atoms with Crippen LogP contribution in [-0.2, 0) is 6.54 Å². The Labute approximate surface area is 104 Å². The average Bonchev–Trinajstić information content (AvgIpc) is 2.61. The first-order chi connectivity index (χ1) is 7.61. The predicted octanol–water partition coefficient (Wildman–Crippen LogP) is 3.58. The summed E-state index contributed by atoms with van der Waals surface area (Å²) in [7, 11) is 0. The molecule has 1 unspecified atom stereocenters. The van der Waals surface area contributed by atoms with Crippen LogP contribution in [0.1, 0.15) is 6.92 Å². The Hall–Kier alpha value is -0.700. The molecule has 0 bridgehead atoms. The van der Waals surface area contributed by atoms with E-state index in [9.17, 15) is 0 Å². The molecule has 1 N–H and O–H groups in total. The van der Waals surface area contributed by atoms with E-state index >= 15 is 0 Å². The summed E-state index contributed by atoms with van der Waals surface area (Å²) >= 11 is 12.1. The molecule has 0 saturated carbocycles. The Kier molecular flexibility index (Phi) is 3.43. The SMILES string of the molecule is CC(CO)Cn1ccc2c(Cl)cc(Cl)cc21. The van der Waals surface area contributed by atoms with E-state index in [1.807, 2.05) is 25.3 Å². The van der Waals surface area contributed by atoms with Crippen LogP contribution in [0.4, 0.5) is 0 Å². The molecular weight excluding hydrogens is 245 g/mol. The zero-order chi connectivity index (χ0) is 11.7. The van der Waals surface area contributed by atoms with E-state index in [0.29, 0.717) is 10.0 Å². The molecule has 0 aliphatic carbocycles. The first kappa shape index (κ1) is 11.8. The molecule has 1 heterocycles. The standard InChI is InChI=1S/C12H13Cl2NO/c1-8(7-16)6-15-3-2-10-11(14)4-9(13)5-12(10)15/h2-5,8,16H,6-7H2,1H3. The van der Waals surface area contributed by atoms with Crippen LogP contribution in [0.2, 0.25) is 10.0 Å². The third-order valence-electron chi connectivity index (χ3n) is 2.62. The molecule has 0 aliphatic rings. The van der Waals surface area contributed by atoms with Crippen LogP contribution in [0.25, 0.3) is 10.9 Å². The zero-order valence-corrected chi connectivity index (χ0v) is 10.5. The van der Waals surface area contributed by atoms with Crippen molar-refractivity contribution in [3.05, 3.63) is 34.4 Å². The molecule has 86 valence electrons. The minimum Gasteiger partial charge on any atom is -0.396 e. The molecule has 2 rings (SSSR count). The van der Waals surface area contributed by atoms with Gasteiger partial charge in [0.05, 0.1) is 10.5 Å². The highest BCUT2D eigenvalue weighted by Crippen LogP contribution is 2.29. The number of nitrogens with zero attached hydrogens (tertiary/aromatic N) is 1. The maximum atomic E-state index is 9.05. The number of hydrogen-bond acceptors (Lipinski definition) is 1. The lowest BCUT2D eigenvalue weighted by Crippen LogP contribution is -2.10. The fourth-order valence-electron chi connectivity index (χ4n) is 1.77. The molecule has 0 saturated heterocycles. The molecule has 0 fully saturated rings. The number of halogens is 2. The van der Waals surface area contributed by atoms with Crippen LogP contribution >= 0.6 is 23.2 Å². The Morgan fingerprint density at radius 1 is 1.38 bits per heavy atom. The summed E-state index contributed by atoms with van der Waals surface area (Å²) < 4.78 is 2.06. The monoisotopic (exact) mass is 257 g/mol. The topological polar surface area (TPSA) is 25.2 Å².